The van der Waals surface area contributed by atoms with Crippen molar-refractivity contribution in [2.24, 2.45) is 0 Å². The van der Waals surface area contributed by atoms with E-state index in [1.807, 2.05) is 19.2 Å². The summed E-state index contributed by atoms with van der Waals surface area (Å²) >= 11 is 1.51. The average Bonchev–Trinajstić information content (AvgIpc) is 2.52. The molecule has 118 valence electrons. The molecule has 0 radical (unpaired) electrons. The fourth-order valence-electron chi connectivity index (χ4n) is 2.34. The van der Waals surface area contributed by atoms with Gasteiger partial charge >= 0.3 is 0 Å². The number of aromatic nitrogens is 2. The number of halogens is 1. The zero-order valence-corrected chi connectivity index (χ0v) is 14.3. The van der Waals surface area contributed by atoms with Gasteiger partial charge in [-0.1, -0.05) is 25.6 Å². The van der Waals surface area contributed by atoms with Gasteiger partial charge in [0.2, 0.25) is 0 Å². The topological polar surface area (TPSA) is 37.8 Å². The van der Waals surface area contributed by atoms with Crippen LogP contribution in [0.2, 0.25) is 0 Å². The number of nitrogens with one attached hydrogen (secondary N) is 1. The number of aryl methyl sites for hydroxylation is 1. The Kier molecular flexibility index (Phi) is 5.77. The number of hydrogen-bond donors (Lipinski definition) is 1. The minimum atomic E-state index is -0.226. The molecule has 1 aromatic carbocycles. The second kappa shape index (κ2) is 7.58. The summed E-state index contributed by atoms with van der Waals surface area (Å²) in [6.07, 6.45) is 4.04. The van der Waals surface area contributed by atoms with E-state index < -0.39 is 0 Å². The molecule has 0 saturated carbocycles. The molecule has 3 nitrogen and oxygen atoms in total. The van der Waals surface area contributed by atoms with Gasteiger partial charge in [-0.2, -0.15) is 0 Å². The van der Waals surface area contributed by atoms with E-state index in [1.165, 1.54) is 23.9 Å². The minimum absolute atomic E-state index is 0.226. The fraction of sp³-hybridized carbons (Fsp3) is 0.412. The normalized spacial score (nSPS) is 11.0. The van der Waals surface area contributed by atoms with Crippen molar-refractivity contribution in [1.29, 1.82) is 0 Å². The molecular weight excluding hydrogens is 297 g/mol. The van der Waals surface area contributed by atoms with Gasteiger partial charge in [-0.05, 0) is 49.8 Å². The summed E-state index contributed by atoms with van der Waals surface area (Å²) in [7, 11) is 0. The van der Waals surface area contributed by atoms with Crippen molar-refractivity contribution in [3.05, 3.63) is 35.6 Å². The Hall–Kier alpha value is -1.62. The zero-order chi connectivity index (χ0) is 16.1. The van der Waals surface area contributed by atoms with Crippen LogP contribution in [0.1, 0.15) is 32.3 Å². The minimum Gasteiger partial charge on any atom is -0.367 e. The Labute approximate surface area is 135 Å². The first-order valence-electron chi connectivity index (χ1n) is 7.53. The largest absolute Gasteiger partial charge is 0.367 e. The van der Waals surface area contributed by atoms with Crippen LogP contribution in [0.5, 0.6) is 0 Å². The second-order valence-corrected chi connectivity index (χ2v) is 6.02. The molecule has 1 N–H and O–H groups in total. The summed E-state index contributed by atoms with van der Waals surface area (Å²) in [5, 5.41) is 4.17. The smallest absolute Gasteiger partial charge is 0.189 e. The summed E-state index contributed by atoms with van der Waals surface area (Å²) in [4.78, 5) is 9.09. The van der Waals surface area contributed by atoms with E-state index >= 15 is 0 Å². The highest BCUT2D eigenvalue weighted by molar-refractivity contribution is 7.98. The number of benzene rings is 1. The van der Waals surface area contributed by atoms with Crippen molar-refractivity contribution in [3.63, 3.8) is 0 Å². The Balaban J connectivity index is 2.42. The lowest BCUT2D eigenvalue weighted by Gasteiger charge is -2.17. The third-order valence-corrected chi connectivity index (χ3v) is 4.24. The van der Waals surface area contributed by atoms with Gasteiger partial charge in [0, 0.05) is 17.7 Å². The van der Waals surface area contributed by atoms with Crippen LogP contribution in [-0.2, 0) is 0 Å². The molecule has 5 heteroatoms. The van der Waals surface area contributed by atoms with Crippen molar-refractivity contribution < 1.29 is 4.39 Å². The number of nitrogens with zero attached hydrogens (tertiary/aromatic N) is 2. The van der Waals surface area contributed by atoms with Gasteiger partial charge in [0.25, 0.3) is 0 Å². The Morgan fingerprint density at radius 3 is 2.50 bits per heavy atom. The van der Waals surface area contributed by atoms with E-state index in [2.05, 4.69) is 29.1 Å². The standard InChI is InChI=1S/C17H22FN3S/c1-5-13(6-2)19-16-10-15(20-17(21-16)22-4)14-8-7-12(18)9-11(14)3/h7-10,13H,5-6H2,1-4H3,(H,19,20,21). The third kappa shape index (κ3) is 3.97. The Bertz CT molecular complexity index is 642. The SMILES string of the molecule is CCC(CC)Nc1cc(-c2ccc(F)cc2C)nc(SC)n1. The van der Waals surface area contributed by atoms with Gasteiger partial charge in [0.1, 0.15) is 11.6 Å². The van der Waals surface area contributed by atoms with Crippen LogP contribution in [0.3, 0.4) is 0 Å². The highest BCUT2D eigenvalue weighted by Crippen LogP contribution is 2.26. The summed E-state index contributed by atoms with van der Waals surface area (Å²) in [5.41, 5.74) is 2.64. The van der Waals surface area contributed by atoms with E-state index in [0.29, 0.717) is 6.04 Å². The number of rotatable bonds is 6. The van der Waals surface area contributed by atoms with Crippen LogP contribution in [0.25, 0.3) is 11.3 Å². The highest BCUT2D eigenvalue weighted by atomic mass is 32.2. The predicted molar refractivity (Wildman–Crippen MR) is 91.9 cm³/mol. The van der Waals surface area contributed by atoms with E-state index in [9.17, 15) is 4.39 Å². The van der Waals surface area contributed by atoms with Crippen molar-refractivity contribution in [2.45, 2.75) is 44.8 Å². The van der Waals surface area contributed by atoms with Gasteiger partial charge in [-0.15, -0.1) is 0 Å². The maximum absolute atomic E-state index is 13.3. The van der Waals surface area contributed by atoms with Crippen molar-refractivity contribution in [2.75, 3.05) is 11.6 Å². The van der Waals surface area contributed by atoms with E-state index in [1.54, 1.807) is 6.07 Å². The molecule has 0 spiro atoms. The van der Waals surface area contributed by atoms with E-state index in [-0.39, 0.29) is 5.82 Å². The van der Waals surface area contributed by atoms with Crippen LogP contribution in [-0.4, -0.2) is 22.3 Å². The molecule has 0 aliphatic carbocycles. The van der Waals surface area contributed by atoms with Gasteiger partial charge in [0.05, 0.1) is 5.69 Å². The maximum atomic E-state index is 13.3. The predicted octanol–water partition coefficient (Wildman–Crippen LogP) is 4.91. The lowest BCUT2D eigenvalue weighted by Crippen LogP contribution is -2.18. The summed E-state index contributed by atoms with van der Waals surface area (Å²) in [6.45, 7) is 6.21. The van der Waals surface area contributed by atoms with Crippen LogP contribution in [0.15, 0.2) is 29.4 Å². The van der Waals surface area contributed by atoms with Crippen molar-refractivity contribution >= 4 is 17.6 Å². The monoisotopic (exact) mass is 319 g/mol. The molecule has 0 amide bonds. The van der Waals surface area contributed by atoms with Crippen LogP contribution >= 0.6 is 11.8 Å². The molecule has 0 saturated heterocycles. The second-order valence-electron chi connectivity index (χ2n) is 5.24. The van der Waals surface area contributed by atoms with Crippen LogP contribution < -0.4 is 5.32 Å². The van der Waals surface area contributed by atoms with Gasteiger partial charge < -0.3 is 5.32 Å². The molecule has 22 heavy (non-hydrogen) atoms. The molecule has 0 atom stereocenters. The van der Waals surface area contributed by atoms with E-state index in [0.717, 1.165) is 40.6 Å². The highest BCUT2D eigenvalue weighted by Gasteiger charge is 2.11. The number of thioether (sulfide) groups is 1. The fourth-order valence-corrected chi connectivity index (χ4v) is 2.72. The quantitative estimate of drug-likeness (QED) is 0.606. The van der Waals surface area contributed by atoms with Crippen LogP contribution in [0.4, 0.5) is 10.2 Å². The summed E-state index contributed by atoms with van der Waals surface area (Å²) in [6, 6.07) is 7.12. The molecule has 0 fully saturated rings. The first-order chi connectivity index (χ1) is 10.6. The Morgan fingerprint density at radius 2 is 1.91 bits per heavy atom. The third-order valence-electron chi connectivity index (χ3n) is 3.69. The first-order valence-corrected chi connectivity index (χ1v) is 8.76. The molecule has 0 aliphatic rings. The molecule has 2 rings (SSSR count). The van der Waals surface area contributed by atoms with Crippen molar-refractivity contribution in [1.82, 2.24) is 9.97 Å². The zero-order valence-electron chi connectivity index (χ0n) is 13.5. The van der Waals surface area contributed by atoms with Crippen LogP contribution in [0, 0.1) is 12.7 Å². The number of hydrogen-bond acceptors (Lipinski definition) is 4. The molecule has 1 aromatic heterocycles. The first kappa shape index (κ1) is 16.7. The molecule has 0 aliphatic heterocycles. The van der Waals surface area contributed by atoms with E-state index in [4.69, 9.17) is 0 Å². The van der Waals surface area contributed by atoms with Crippen molar-refractivity contribution in [3.8, 4) is 11.3 Å². The summed E-state index contributed by atoms with van der Waals surface area (Å²) in [5.74, 6) is 0.600. The number of anilines is 1. The average molecular weight is 319 g/mol. The molecule has 0 unspecified atom stereocenters. The van der Waals surface area contributed by atoms with Gasteiger partial charge in [0.15, 0.2) is 5.16 Å². The molecule has 0 bridgehead atoms. The maximum Gasteiger partial charge on any atom is 0.189 e. The van der Waals surface area contributed by atoms with Gasteiger partial charge in [-0.25, -0.2) is 14.4 Å². The van der Waals surface area contributed by atoms with Gasteiger partial charge in [-0.3, -0.25) is 0 Å². The molecule has 2 aromatic rings. The lowest BCUT2D eigenvalue weighted by atomic mass is 10.1. The molecular formula is C17H22FN3S. The lowest BCUT2D eigenvalue weighted by molar-refractivity contribution is 0.627. The molecule has 1 heterocycles. The summed E-state index contributed by atoms with van der Waals surface area (Å²) < 4.78 is 13.3. The Morgan fingerprint density at radius 1 is 1.18 bits per heavy atom.